The van der Waals surface area contributed by atoms with Crippen LogP contribution in [0.3, 0.4) is 0 Å². The molecule has 0 fully saturated rings. The molecule has 1 amide bonds. The average molecular weight is 222 g/mol. The highest BCUT2D eigenvalue weighted by molar-refractivity contribution is 5.97. The van der Waals surface area contributed by atoms with E-state index in [1.807, 2.05) is 18.7 Å². The summed E-state index contributed by atoms with van der Waals surface area (Å²) in [5, 5.41) is 2.82. The van der Waals surface area contributed by atoms with Crippen molar-refractivity contribution in [2.24, 2.45) is 5.92 Å². The Balaban J connectivity index is 2.46. The summed E-state index contributed by atoms with van der Waals surface area (Å²) in [4.78, 5) is 13.7. The van der Waals surface area contributed by atoms with Crippen LogP contribution in [-0.2, 0) is 4.79 Å². The molecule has 1 heterocycles. The van der Waals surface area contributed by atoms with Crippen molar-refractivity contribution in [2.75, 3.05) is 23.3 Å². The van der Waals surface area contributed by atoms with Gasteiger partial charge in [0.2, 0.25) is 5.91 Å². The number of nitrogens with one attached hydrogen (secondary N) is 1. The van der Waals surface area contributed by atoms with Crippen LogP contribution >= 0.6 is 0 Å². The number of hydrogen-bond donors (Lipinski definition) is 1. The zero-order valence-corrected chi connectivity index (χ0v) is 9.46. The maximum absolute atomic E-state index is 13.2. The molecule has 1 atom stereocenters. The molecule has 2 rings (SSSR count). The van der Waals surface area contributed by atoms with Gasteiger partial charge in [0.1, 0.15) is 5.82 Å². The van der Waals surface area contributed by atoms with Gasteiger partial charge in [0.25, 0.3) is 0 Å². The monoisotopic (exact) mass is 222 g/mol. The molecule has 0 bridgehead atoms. The predicted molar refractivity (Wildman–Crippen MR) is 62.1 cm³/mol. The van der Waals surface area contributed by atoms with Crippen LogP contribution in [0.5, 0.6) is 0 Å². The van der Waals surface area contributed by atoms with Crippen LogP contribution in [0.25, 0.3) is 0 Å². The first kappa shape index (κ1) is 10.9. The van der Waals surface area contributed by atoms with E-state index in [0.717, 1.165) is 12.2 Å². The third-order valence-corrected chi connectivity index (χ3v) is 2.88. The Labute approximate surface area is 94.3 Å². The minimum atomic E-state index is -0.277. The summed E-state index contributed by atoms with van der Waals surface area (Å²) in [5.41, 5.74) is 1.46. The summed E-state index contributed by atoms with van der Waals surface area (Å²) in [5.74, 6) is -0.375. The van der Waals surface area contributed by atoms with Gasteiger partial charge in [-0.25, -0.2) is 4.39 Å². The lowest BCUT2D eigenvalue weighted by atomic mass is 10.1. The van der Waals surface area contributed by atoms with E-state index in [2.05, 4.69) is 5.32 Å². The Morgan fingerprint density at radius 3 is 3.00 bits per heavy atom. The Kier molecular flexibility index (Phi) is 2.81. The van der Waals surface area contributed by atoms with Crippen LogP contribution in [0.1, 0.15) is 13.8 Å². The van der Waals surface area contributed by atoms with Gasteiger partial charge in [-0.15, -0.1) is 0 Å². The van der Waals surface area contributed by atoms with Crippen LogP contribution < -0.4 is 10.2 Å². The van der Waals surface area contributed by atoms with Crippen molar-refractivity contribution in [2.45, 2.75) is 13.8 Å². The smallest absolute Gasteiger partial charge is 0.229 e. The molecule has 1 aliphatic heterocycles. The zero-order chi connectivity index (χ0) is 11.7. The van der Waals surface area contributed by atoms with Gasteiger partial charge in [0.15, 0.2) is 0 Å². The molecule has 4 heteroatoms. The van der Waals surface area contributed by atoms with Gasteiger partial charge in [0, 0.05) is 13.1 Å². The highest BCUT2D eigenvalue weighted by Gasteiger charge is 2.24. The minimum absolute atomic E-state index is 0.0104. The number of benzene rings is 1. The topological polar surface area (TPSA) is 32.3 Å². The second kappa shape index (κ2) is 4.12. The van der Waals surface area contributed by atoms with Gasteiger partial charge in [-0.2, -0.15) is 0 Å². The highest BCUT2D eigenvalue weighted by Crippen LogP contribution is 2.30. The lowest BCUT2D eigenvalue weighted by molar-refractivity contribution is -0.119. The summed E-state index contributed by atoms with van der Waals surface area (Å²) in [6.45, 7) is 5.26. The van der Waals surface area contributed by atoms with E-state index in [-0.39, 0.29) is 17.6 Å². The van der Waals surface area contributed by atoms with E-state index in [9.17, 15) is 9.18 Å². The average Bonchev–Trinajstić information content (AvgIpc) is 2.38. The summed E-state index contributed by atoms with van der Waals surface area (Å²) in [6, 6.07) is 4.45. The molecule has 0 aromatic heterocycles. The third kappa shape index (κ3) is 1.87. The Hall–Kier alpha value is -1.58. The van der Waals surface area contributed by atoms with Crippen molar-refractivity contribution >= 4 is 17.3 Å². The quantitative estimate of drug-likeness (QED) is 0.790. The Morgan fingerprint density at radius 2 is 2.31 bits per heavy atom. The number of fused-ring (bicyclic) bond motifs is 1. The number of carbonyl (C=O) groups excluding carboxylic acids is 1. The van der Waals surface area contributed by atoms with Crippen LogP contribution in [0, 0.1) is 11.7 Å². The Bertz CT molecular complexity index is 419. The maximum atomic E-state index is 13.2. The number of amides is 1. The maximum Gasteiger partial charge on any atom is 0.229 e. The van der Waals surface area contributed by atoms with Gasteiger partial charge in [-0.3, -0.25) is 4.79 Å². The molecule has 0 spiro atoms. The molecule has 0 saturated heterocycles. The van der Waals surface area contributed by atoms with Crippen molar-refractivity contribution in [3.05, 3.63) is 24.0 Å². The van der Waals surface area contributed by atoms with Gasteiger partial charge in [-0.05, 0) is 25.1 Å². The molecule has 1 aromatic rings. The minimum Gasteiger partial charge on any atom is -0.369 e. The summed E-state index contributed by atoms with van der Waals surface area (Å²) in [6.07, 6.45) is 0. The molecule has 1 unspecified atom stereocenters. The van der Waals surface area contributed by atoms with E-state index in [1.165, 1.54) is 12.1 Å². The molecule has 0 saturated carbocycles. The summed E-state index contributed by atoms with van der Waals surface area (Å²) < 4.78 is 13.2. The number of nitrogens with zero attached hydrogens (tertiary/aromatic N) is 1. The van der Waals surface area contributed by atoms with Gasteiger partial charge >= 0.3 is 0 Å². The van der Waals surface area contributed by atoms with Crippen molar-refractivity contribution in [1.29, 1.82) is 0 Å². The molecule has 16 heavy (non-hydrogen) atoms. The van der Waals surface area contributed by atoms with E-state index in [0.29, 0.717) is 12.2 Å². The third-order valence-electron chi connectivity index (χ3n) is 2.88. The van der Waals surface area contributed by atoms with Gasteiger partial charge < -0.3 is 10.2 Å². The van der Waals surface area contributed by atoms with Crippen LogP contribution in [-0.4, -0.2) is 19.0 Å². The molecule has 0 radical (unpaired) electrons. The second-order valence-corrected chi connectivity index (χ2v) is 4.09. The zero-order valence-electron chi connectivity index (χ0n) is 9.46. The number of anilines is 2. The first-order chi connectivity index (χ1) is 7.61. The van der Waals surface area contributed by atoms with Crippen LogP contribution in [0.15, 0.2) is 18.2 Å². The summed E-state index contributed by atoms with van der Waals surface area (Å²) >= 11 is 0. The standard InChI is InChI=1S/C12H15FN2O/c1-3-15-7-8(2)12(16)14-10-5-4-9(13)6-11(10)15/h4-6,8H,3,7H2,1-2H3,(H,14,16). The fourth-order valence-electron chi connectivity index (χ4n) is 1.94. The van der Waals surface area contributed by atoms with Crippen LogP contribution in [0.2, 0.25) is 0 Å². The predicted octanol–water partition coefficient (Wildman–Crippen LogP) is 2.24. The van der Waals surface area contributed by atoms with Crippen LogP contribution in [0.4, 0.5) is 15.8 Å². The highest BCUT2D eigenvalue weighted by atomic mass is 19.1. The van der Waals surface area contributed by atoms with Crippen molar-refractivity contribution in [3.63, 3.8) is 0 Å². The van der Waals surface area contributed by atoms with E-state index in [1.54, 1.807) is 6.07 Å². The van der Waals surface area contributed by atoms with Crippen molar-refractivity contribution in [1.82, 2.24) is 0 Å². The lowest BCUT2D eigenvalue weighted by Gasteiger charge is -2.23. The molecule has 1 N–H and O–H groups in total. The van der Waals surface area contributed by atoms with Gasteiger partial charge in [0.05, 0.1) is 17.3 Å². The SMILES string of the molecule is CCN1CC(C)C(=O)Nc2ccc(F)cc21. The second-order valence-electron chi connectivity index (χ2n) is 4.09. The largest absolute Gasteiger partial charge is 0.369 e. The number of rotatable bonds is 1. The molecule has 3 nitrogen and oxygen atoms in total. The van der Waals surface area contributed by atoms with Crippen molar-refractivity contribution < 1.29 is 9.18 Å². The van der Waals surface area contributed by atoms with E-state index in [4.69, 9.17) is 0 Å². The van der Waals surface area contributed by atoms with E-state index < -0.39 is 0 Å². The number of halogens is 1. The lowest BCUT2D eigenvalue weighted by Crippen LogP contribution is -2.30. The number of carbonyl (C=O) groups is 1. The molecule has 0 aliphatic carbocycles. The van der Waals surface area contributed by atoms with Crippen molar-refractivity contribution in [3.8, 4) is 0 Å². The van der Waals surface area contributed by atoms with E-state index >= 15 is 0 Å². The number of hydrogen-bond acceptors (Lipinski definition) is 2. The molecular formula is C12H15FN2O. The molecular weight excluding hydrogens is 207 g/mol. The fourth-order valence-corrected chi connectivity index (χ4v) is 1.94. The summed E-state index contributed by atoms with van der Waals surface area (Å²) in [7, 11) is 0. The van der Waals surface area contributed by atoms with Gasteiger partial charge in [-0.1, -0.05) is 6.92 Å². The molecule has 1 aromatic carbocycles. The molecule has 1 aliphatic rings. The molecule has 86 valence electrons. The first-order valence-electron chi connectivity index (χ1n) is 5.47. The Morgan fingerprint density at radius 1 is 1.56 bits per heavy atom. The fraction of sp³-hybridized carbons (Fsp3) is 0.417. The first-order valence-corrected chi connectivity index (χ1v) is 5.47. The normalized spacial score (nSPS) is 20.1.